The Labute approximate surface area is 176 Å². The molecule has 1 aliphatic heterocycles. The molecule has 5 heteroatoms. The number of carbonyl (C=O) groups excluding carboxylic acids is 1. The van der Waals surface area contributed by atoms with Crippen LogP contribution in [0.15, 0.2) is 42.0 Å². The fraction of sp³-hybridized carbons (Fsp3) is 0.360. The zero-order chi connectivity index (χ0) is 21.1. The molecule has 2 aliphatic carbocycles. The summed E-state index contributed by atoms with van der Waals surface area (Å²) < 4.78 is 10.9. The van der Waals surface area contributed by atoms with Crippen molar-refractivity contribution in [3.63, 3.8) is 0 Å². The Balaban J connectivity index is 1.42. The average Bonchev–Trinajstić information content (AvgIpc) is 3.24. The van der Waals surface area contributed by atoms with E-state index < -0.39 is 5.41 Å². The summed E-state index contributed by atoms with van der Waals surface area (Å²) >= 11 is 0. The molecule has 0 saturated heterocycles. The van der Waals surface area contributed by atoms with E-state index in [4.69, 9.17) is 9.47 Å². The number of fused-ring (bicyclic) bond motifs is 2. The summed E-state index contributed by atoms with van der Waals surface area (Å²) in [5.41, 5.74) is 5.08. The smallest absolute Gasteiger partial charge is 0.235 e. The fourth-order valence-corrected chi connectivity index (χ4v) is 4.47. The Bertz CT molecular complexity index is 1140. The molecule has 5 nitrogen and oxygen atoms in total. The maximum Gasteiger partial charge on any atom is 0.235 e. The van der Waals surface area contributed by atoms with Crippen LogP contribution in [-0.4, -0.2) is 12.7 Å². The van der Waals surface area contributed by atoms with Gasteiger partial charge in [-0.05, 0) is 71.2 Å². The first kappa shape index (κ1) is 18.7. The van der Waals surface area contributed by atoms with Crippen molar-refractivity contribution < 1.29 is 14.3 Å². The number of amides is 1. The van der Waals surface area contributed by atoms with Crippen LogP contribution in [0.5, 0.6) is 11.5 Å². The number of anilines is 1. The van der Waals surface area contributed by atoms with Crippen molar-refractivity contribution in [1.29, 1.82) is 5.26 Å². The highest BCUT2D eigenvalue weighted by atomic mass is 16.7. The normalized spacial score (nSPS) is 18.1. The van der Waals surface area contributed by atoms with Gasteiger partial charge in [-0.2, -0.15) is 5.26 Å². The number of nitrogens with zero attached hydrogens (tertiary/aromatic N) is 1. The largest absolute Gasteiger partial charge is 0.454 e. The molecule has 0 unspecified atom stereocenters. The third-order valence-corrected chi connectivity index (χ3v) is 6.43. The fourth-order valence-electron chi connectivity index (χ4n) is 4.47. The van der Waals surface area contributed by atoms with E-state index in [0.717, 1.165) is 58.5 Å². The second kappa shape index (κ2) is 6.37. The first-order valence-corrected chi connectivity index (χ1v) is 10.3. The second-order valence-electron chi connectivity index (χ2n) is 9.37. The summed E-state index contributed by atoms with van der Waals surface area (Å²) in [6.45, 7) is 6.63. The molecule has 0 spiro atoms. The number of carbonyl (C=O) groups is 1. The highest BCUT2D eigenvalue weighted by Gasteiger charge is 2.51. The molecule has 30 heavy (non-hydrogen) atoms. The molecular formula is C25H24N2O3. The van der Waals surface area contributed by atoms with Gasteiger partial charge < -0.3 is 14.8 Å². The third kappa shape index (κ3) is 2.87. The summed E-state index contributed by atoms with van der Waals surface area (Å²) in [6.07, 6.45) is 2.40. The quantitative estimate of drug-likeness (QED) is 0.790. The number of nitriles is 1. The minimum absolute atomic E-state index is 0.0159. The SMILES string of the molecule is CC(C)(C)C1=C(C#N)c2cc(NC(=O)C3(c4ccc5c(c4)OCO5)CC3)ccc2C1. The molecular weight excluding hydrogens is 376 g/mol. The van der Waals surface area contributed by atoms with Crippen molar-refractivity contribution in [1.82, 2.24) is 0 Å². The van der Waals surface area contributed by atoms with Crippen LogP contribution in [0.3, 0.4) is 0 Å². The number of nitrogens with one attached hydrogen (secondary N) is 1. The molecule has 1 fully saturated rings. The van der Waals surface area contributed by atoms with E-state index >= 15 is 0 Å². The lowest BCUT2D eigenvalue weighted by atomic mass is 9.83. The van der Waals surface area contributed by atoms with Crippen LogP contribution < -0.4 is 14.8 Å². The second-order valence-corrected chi connectivity index (χ2v) is 9.37. The van der Waals surface area contributed by atoms with Crippen LogP contribution in [0.4, 0.5) is 5.69 Å². The molecule has 1 N–H and O–H groups in total. The van der Waals surface area contributed by atoms with Crippen molar-refractivity contribution in [2.24, 2.45) is 5.41 Å². The number of hydrogen-bond donors (Lipinski definition) is 1. The van der Waals surface area contributed by atoms with Crippen LogP contribution >= 0.6 is 0 Å². The van der Waals surface area contributed by atoms with Gasteiger partial charge in [-0.3, -0.25) is 4.79 Å². The maximum atomic E-state index is 13.2. The van der Waals surface area contributed by atoms with E-state index in [1.807, 2.05) is 36.4 Å². The van der Waals surface area contributed by atoms with Gasteiger partial charge in [0, 0.05) is 5.69 Å². The van der Waals surface area contributed by atoms with E-state index in [2.05, 4.69) is 32.2 Å². The van der Waals surface area contributed by atoms with Gasteiger partial charge in [0.1, 0.15) is 0 Å². The number of benzene rings is 2. The van der Waals surface area contributed by atoms with Crippen LogP contribution in [0.2, 0.25) is 0 Å². The number of ether oxygens (including phenoxy) is 2. The van der Waals surface area contributed by atoms with Gasteiger partial charge in [0.25, 0.3) is 0 Å². The lowest BCUT2D eigenvalue weighted by Crippen LogP contribution is -2.27. The topological polar surface area (TPSA) is 71.4 Å². The Kier molecular flexibility index (Phi) is 3.98. The summed E-state index contributed by atoms with van der Waals surface area (Å²) in [6, 6.07) is 14.0. The highest BCUT2D eigenvalue weighted by Crippen LogP contribution is 2.51. The van der Waals surface area contributed by atoms with Crippen molar-refractivity contribution >= 4 is 17.2 Å². The summed E-state index contributed by atoms with van der Waals surface area (Å²) in [4.78, 5) is 13.2. The van der Waals surface area contributed by atoms with Gasteiger partial charge in [-0.1, -0.05) is 32.9 Å². The lowest BCUT2D eigenvalue weighted by Gasteiger charge is -2.20. The van der Waals surface area contributed by atoms with E-state index in [1.54, 1.807) is 0 Å². The van der Waals surface area contributed by atoms with E-state index in [1.165, 1.54) is 0 Å². The van der Waals surface area contributed by atoms with Gasteiger partial charge in [0.2, 0.25) is 12.7 Å². The van der Waals surface area contributed by atoms with Crippen molar-refractivity contribution in [2.75, 3.05) is 12.1 Å². The third-order valence-electron chi connectivity index (χ3n) is 6.43. The Hall–Kier alpha value is -3.26. The first-order chi connectivity index (χ1) is 14.3. The molecule has 0 radical (unpaired) electrons. The molecule has 1 amide bonds. The predicted molar refractivity (Wildman–Crippen MR) is 114 cm³/mol. The molecule has 1 saturated carbocycles. The predicted octanol–water partition coefficient (Wildman–Crippen LogP) is 4.96. The Morgan fingerprint density at radius 1 is 1.10 bits per heavy atom. The summed E-state index contributed by atoms with van der Waals surface area (Å²) in [7, 11) is 0. The zero-order valence-corrected chi connectivity index (χ0v) is 17.5. The van der Waals surface area contributed by atoms with Crippen LogP contribution in [-0.2, 0) is 16.6 Å². The molecule has 5 rings (SSSR count). The van der Waals surface area contributed by atoms with Crippen LogP contribution in [0.1, 0.15) is 50.3 Å². The van der Waals surface area contributed by atoms with Crippen molar-refractivity contribution in [3.05, 3.63) is 58.7 Å². The average molecular weight is 400 g/mol. The molecule has 0 atom stereocenters. The molecule has 3 aliphatic rings. The molecule has 2 aromatic carbocycles. The molecule has 0 bridgehead atoms. The molecule has 1 heterocycles. The zero-order valence-electron chi connectivity index (χ0n) is 17.5. The molecule has 152 valence electrons. The van der Waals surface area contributed by atoms with E-state index in [-0.39, 0.29) is 18.1 Å². The van der Waals surface area contributed by atoms with Crippen LogP contribution in [0, 0.1) is 16.7 Å². The lowest BCUT2D eigenvalue weighted by molar-refractivity contribution is -0.118. The van der Waals surface area contributed by atoms with Crippen molar-refractivity contribution in [3.8, 4) is 17.6 Å². The Morgan fingerprint density at radius 2 is 1.87 bits per heavy atom. The number of rotatable bonds is 3. The first-order valence-electron chi connectivity index (χ1n) is 10.3. The van der Waals surface area contributed by atoms with Gasteiger partial charge in [-0.15, -0.1) is 0 Å². The van der Waals surface area contributed by atoms with E-state index in [0.29, 0.717) is 5.75 Å². The monoisotopic (exact) mass is 400 g/mol. The summed E-state index contributed by atoms with van der Waals surface area (Å²) in [5, 5.41) is 12.9. The van der Waals surface area contributed by atoms with Crippen molar-refractivity contribution in [2.45, 2.75) is 45.4 Å². The van der Waals surface area contributed by atoms with Gasteiger partial charge in [-0.25, -0.2) is 0 Å². The number of hydrogen-bond acceptors (Lipinski definition) is 4. The van der Waals surface area contributed by atoms with Gasteiger partial charge in [0.15, 0.2) is 11.5 Å². The minimum atomic E-state index is -0.523. The molecule has 0 aromatic heterocycles. The highest BCUT2D eigenvalue weighted by molar-refractivity contribution is 6.02. The maximum absolute atomic E-state index is 13.2. The van der Waals surface area contributed by atoms with E-state index in [9.17, 15) is 10.1 Å². The minimum Gasteiger partial charge on any atom is -0.454 e. The number of allylic oxidation sites excluding steroid dienone is 2. The summed E-state index contributed by atoms with van der Waals surface area (Å²) in [5.74, 6) is 1.40. The van der Waals surface area contributed by atoms with Gasteiger partial charge >= 0.3 is 0 Å². The molecule has 2 aromatic rings. The Morgan fingerprint density at radius 3 is 2.57 bits per heavy atom. The van der Waals surface area contributed by atoms with Crippen LogP contribution in [0.25, 0.3) is 5.57 Å². The van der Waals surface area contributed by atoms with Gasteiger partial charge in [0.05, 0.1) is 17.1 Å². The standard InChI is InChI=1S/C25H24N2O3/c1-24(2,3)20-10-15-4-6-17(12-18(15)19(20)13-26)27-23(28)25(8-9-25)16-5-7-21-22(11-16)30-14-29-21/h4-7,11-12H,8-10,14H2,1-3H3,(H,27,28).